The number of phenols is 1. The van der Waals surface area contributed by atoms with Crippen LogP contribution in [0.1, 0.15) is 62.0 Å². The number of aryl methyl sites for hydroxylation is 2. The first-order chi connectivity index (χ1) is 23.7. The molecule has 0 unspecified atom stereocenters. The summed E-state index contributed by atoms with van der Waals surface area (Å²) >= 11 is 0. The summed E-state index contributed by atoms with van der Waals surface area (Å²) in [5.41, 5.74) is 3.84. The molecule has 4 aliphatic heterocycles. The van der Waals surface area contributed by atoms with E-state index in [0.717, 1.165) is 71.6 Å². The quantitative estimate of drug-likeness (QED) is 0.276. The lowest BCUT2D eigenvalue weighted by Gasteiger charge is -2.35. The summed E-state index contributed by atoms with van der Waals surface area (Å²) in [6, 6.07) is 8.75. The van der Waals surface area contributed by atoms with Crippen LogP contribution in [0.3, 0.4) is 0 Å². The maximum absolute atomic E-state index is 15.1. The molecule has 2 atom stereocenters. The molecule has 0 bridgehead atoms. The maximum Gasteiger partial charge on any atom is 0.318 e. The van der Waals surface area contributed by atoms with Crippen LogP contribution in [-0.2, 0) is 37.3 Å². The lowest BCUT2D eigenvalue weighted by molar-refractivity contribution is -0.114. The molecular formula is C36H42F2N8O3. The van der Waals surface area contributed by atoms with E-state index in [1.807, 2.05) is 17.7 Å². The number of carbonyl (C=O) groups excluding carboxylic acids is 1. The molecule has 4 aliphatic rings. The molecular weight excluding hydrogens is 630 g/mol. The standard InChI is InChI=1S/C36H42F2N8O3/c1-3-27-29(38)7-6-23-14-26(48)16-31(33(23)27)43-13-8-28-30(20-43)40-35(49-21-36-9-4-11-45(36)18-24(37)17-36)41-34(28)44-10-5-12-46-25(19-44)15-32(42-46)39-22(2)47/h6-7,14-16,24,48H,3-5,8-13,17-21H2,1-2H3,(H,39,42,47)/t24-,36+/m1/s1. The Kier molecular flexibility index (Phi) is 8.04. The summed E-state index contributed by atoms with van der Waals surface area (Å²) in [6.45, 7) is 8.06. The molecule has 0 saturated carbocycles. The minimum atomic E-state index is -0.864. The number of ether oxygens (including phenoxy) is 1. The number of aromatic hydroxyl groups is 1. The van der Waals surface area contributed by atoms with Gasteiger partial charge in [0.1, 0.15) is 30.2 Å². The van der Waals surface area contributed by atoms with Gasteiger partial charge in [0, 0.05) is 68.3 Å². The van der Waals surface area contributed by atoms with Gasteiger partial charge in [-0.3, -0.25) is 14.4 Å². The number of carbonyl (C=O) groups is 1. The summed E-state index contributed by atoms with van der Waals surface area (Å²) < 4.78 is 38.0. The highest BCUT2D eigenvalue weighted by atomic mass is 19.1. The number of amides is 1. The van der Waals surface area contributed by atoms with Crippen molar-refractivity contribution in [3.05, 3.63) is 58.7 Å². The summed E-state index contributed by atoms with van der Waals surface area (Å²) in [7, 11) is 0. The number of benzene rings is 2. The van der Waals surface area contributed by atoms with Gasteiger partial charge >= 0.3 is 6.01 Å². The maximum atomic E-state index is 15.1. The van der Waals surface area contributed by atoms with Crippen LogP contribution in [0.15, 0.2) is 30.3 Å². The Morgan fingerprint density at radius 3 is 2.82 bits per heavy atom. The van der Waals surface area contributed by atoms with E-state index in [4.69, 9.17) is 14.7 Å². The molecule has 2 aromatic heterocycles. The van der Waals surface area contributed by atoms with Crippen molar-refractivity contribution >= 4 is 34.0 Å². The number of hydrogen-bond acceptors (Lipinski definition) is 9. The van der Waals surface area contributed by atoms with E-state index in [1.165, 1.54) is 13.0 Å². The third-order valence-corrected chi connectivity index (χ3v) is 10.7. The molecule has 0 spiro atoms. The van der Waals surface area contributed by atoms with Gasteiger partial charge in [-0.2, -0.15) is 15.1 Å². The van der Waals surface area contributed by atoms with E-state index in [0.29, 0.717) is 70.0 Å². The average Bonchev–Trinajstić information content (AvgIpc) is 3.68. The largest absolute Gasteiger partial charge is 0.508 e. The van der Waals surface area contributed by atoms with Gasteiger partial charge in [-0.15, -0.1) is 0 Å². The monoisotopic (exact) mass is 672 g/mol. The highest BCUT2D eigenvalue weighted by Gasteiger charge is 2.49. The number of hydrogen-bond donors (Lipinski definition) is 2. The Morgan fingerprint density at radius 1 is 1.10 bits per heavy atom. The zero-order valence-electron chi connectivity index (χ0n) is 28.0. The van der Waals surface area contributed by atoms with Crippen molar-refractivity contribution in [1.29, 1.82) is 0 Å². The number of anilines is 3. The highest BCUT2D eigenvalue weighted by molar-refractivity contribution is 5.98. The van der Waals surface area contributed by atoms with Gasteiger partial charge in [-0.25, -0.2) is 8.78 Å². The lowest BCUT2D eigenvalue weighted by atomic mass is 9.95. The number of alkyl halides is 1. The van der Waals surface area contributed by atoms with Gasteiger partial charge in [0.15, 0.2) is 5.82 Å². The van der Waals surface area contributed by atoms with E-state index >= 15 is 4.39 Å². The van der Waals surface area contributed by atoms with Gasteiger partial charge in [-0.1, -0.05) is 13.0 Å². The summed E-state index contributed by atoms with van der Waals surface area (Å²) in [5, 5.41) is 19.7. The molecule has 0 radical (unpaired) electrons. The third kappa shape index (κ3) is 5.81. The fourth-order valence-corrected chi connectivity index (χ4v) is 8.52. The van der Waals surface area contributed by atoms with E-state index in [9.17, 15) is 14.3 Å². The number of phenolic OH excluding ortho intramolecular Hbond substituents is 1. The fraction of sp³-hybridized carbons (Fsp3) is 0.500. The number of rotatable bonds is 7. The van der Waals surface area contributed by atoms with Gasteiger partial charge in [-0.05, 0) is 61.7 Å². The van der Waals surface area contributed by atoms with E-state index < -0.39 is 6.17 Å². The van der Waals surface area contributed by atoms with E-state index in [-0.39, 0.29) is 29.0 Å². The van der Waals surface area contributed by atoms with Crippen LogP contribution in [0.5, 0.6) is 11.8 Å². The lowest BCUT2D eigenvalue weighted by Crippen LogP contribution is -2.43. The third-order valence-electron chi connectivity index (χ3n) is 10.7. The Labute approximate surface area is 283 Å². The summed E-state index contributed by atoms with van der Waals surface area (Å²) in [4.78, 5) is 28.4. The second kappa shape index (κ2) is 12.4. The normalized spacial score (nSPS) is 22.2. The minimum absolute atomic E-state index is 0.122. The van der Waals surface area contributed by atoms with Crippen LogP contribution < -0.4 is 19.9 Å². The highest BCUT2D eigenvalue weighted by Crippen LogP contribution is 2.42. The molecule has 49 heavy (non-hydrogen) atoms. The Bertz CT molecular complexity index is 1930. The molecule has 258 valence electrons. The molecule has 8 rings (SSSR count). The summed E-state index contributed by atoms with van der Waals surface area (Å²) in [5.74, 6) is 1.02. The zero-order chi connectivity index (χ0) is 33.9. The van der Waals surface area contributed by atoms with Crippen molar-refractivity contribution < 1.29 is 23.4 Å². The molecule has 2 N–H and O–H groups in total. The Balaban J connectivity index is 1.17. The van der Waals surface area contributed by atoms with Gasteiger partial charge < -0.3 is 25.0 Å². The molecule has 13 heteroatoms. The second-order valence-electron chi connectivity index (χ2n) is 13.9. The topological polar surface area (TPSA) is 112 Å². The van der Waals surface area contributed by atoms with Crippen molar-refractivity contribution in [3.8, 4) is 11.8 Å². The molecule has 0 aliphatic carbocycles. The molecule has 2 fully saturated rings. The van der Waals surface area contributed by atoms with Crippen molar-refractivity contribution in [3.63, 3.8) is 0 Å². The van der Waals surface area contributed by atoms with Crippen LogP contribution in [-0.4, -0.2) is 80.2 Å². The molecule has 2 saturated heterocycles. The molecule has 2 aromatic carbocycles. The van der Waals surface area contributed by atoms with Crippen molar-refractivity contribution in [2.75, 3.05) is 47.9 Å². The number of fused-ring (bicyclic) bond motifs is 4. The fourth-order valence-electron chi connectivity index (χ4n) is 8.52. The second-order valence-corrected chi connectivity index (χ2v) is 13.9. The number of halogens is 2. The Hall–Kier alpha value is -4.52. The molecule has 1 amide bonds. The minimum Gasteiger partial charge on any atom is -0.508 e. The van der Waals surface area contributed by atoms with Gasteiger partial charge in [0.05, 0.1) is 30.0 Å². The molecule has 11 nitrogen and oxygen atoms in total. The van der Waals surface area contributed by atoms with Crippen LogP contribution in [0, 0.1) is 5.82 Å². The van der Waals surface area contributed by atoms with Gasteiger partial charge in [0.25, 0.3) is 0 Å². The first-order valence-electron chi connectivity index (χ1n) is 17.4. The van der Waals surface area contributed by atoms with Crippen LogP contribution in [0.4, 0.5) is 26.1 Å². The number of nitrogens with one attached hydrogen (secondary N) is 1. The smallest absolute Gasteiger partial charge is 0.318 e. The van der Waals surface area contributed by atoms with Crippen LogP contribution >= 0.6 is 0 Å². The van der Waals surface area contributed by atoms with Crippen LogP contribution in [0.25, 0.3) is 10.8 Å². The first-order valence-corrected chi connectivity index (χ1v) is 17.4. The van der Waals surface area contributed by atoms with Gasteiger partial charge in [0.2, 0.25) is 5.91 Å². The van der Waals surface area contributed by atoms with E-state index in [1.54, 1.807) is 18.2 Å². The Morgan fingerprint density at radius 2 is 1.98 bits per heavy atom. The van der Waals surface area contributed by atoms with Crippen LogP contribution in [0.2, 0.25) is 0 Å². The van der Waals surface area contributed by atoms with Crippen molar-refractivity contribution in [2.45, 2.75) is 83.7 Å². The van der Waals surface area contributed by atoms with Crippen molar-refractivity contribution in [2.24, 2.45) is 0 Å². The van der Waals surface area contributed by atoms with E-state index in [2.05, 4.69) is 25.1 Å². The first kappa shape index (κ1) is 31.7. The number of nitrogens with zero attached hydrogens (tertiary/aromatic N) is 7. The zero-order valence-corrected chi connectivity index (χ0v) is 28.0. The predicted octanol–water partition coefficient (Wildman–Crippen LogP) is 5.12. The average molecular weight is 673 g/mol. The molecule has 4 aromatic rings. The summed E-state index contributed by atoms with van der Waals surface area (Å²) in [6.07, 6.45) is 3.46. The predicted molar refractivity (Wildman–Crippen MR) is 182 cm³/mol. The SMILES string of the molecule is CCc1c(F)ccc2cc(O)cc(N3CCc4c(nc(OC[C@@]56CCCN5C[C@H](F)C6)nc4N4CCCn5nc(NC(C)=O)cc5C4)C3)c12. The number of aromatic nitrogens is 4. The van der Waals surface area contributed by atoms with Crippen molar-refractivity contribution in [1.82, 2.24) is 24.6 Å². The molecule has 6 heterocycles.